The predicted molar refractivity (Wildman–Crippen MR) is 117 cm³/mol. The molecule has 154 valence electrons. The second-order valence-electron chi connectivity index (χ2n) is 8.49. The van der Waals surface area contributed by atoms with Gasteiger partial charge >= 0.3 is 5.69 Å². The Morgan fingerprint density at radius 3 is 2.50 bits per heavy atom. The van der Waals surface area contributed by atoms with Gasteiger partial charge in [-0.1, -0.05) is 22.9 Å². The van der Waals surface area contributed by atoms with Crippen LogP contribution in [-0.4, -0.2) is 46.3 Å². The van der Waals surface area contributed by atoms with Crippen LogP contribution in [0.25, 0.3) is 11.0 Å². The van der Waals surface area contributed by atoms with Crippen LogP contribution in [0.3, 0.4) is 0 Å². The Bertz CT molecular complexity index is 859. The fraction of sp³-hybridized carbons (Fsp3) is 0.682. The number of H-pyrrole nitrogens is 1. The maximum absolute atomic E-state index is 12.6. The number of nitrogens with zero attached hydrogens (tertiary/aromatic N) is 2. The summed E-state index contributed by atoms with van der Waals surface area (Å²) < 4.78 is 9.00. The minimum absolute atomic E-state index is 0.0273. The SMILES string of the molecule is CCCO[C@H]1CC[C@H](N2CCC(n3c(=O)[nH]c4cc(C)c(Br)cc43)CC2)CC1. The van der Waals surface area contributed by atoms with Crippen LogP contribution in [0, 0.1) is 6.92 Å². The number of imidazole rings is 1. The molecule has 1 saturated carbocycles. The highest BCUT2D eigenvalue weighted by Crippen LogP contribution is 2.32. The van der Waals surface area contributed by atoms with Gasteiger partial charge < -0.3 is 14.6 Å². The molecule has 1 aromatic heterocycles. The van der Waals surface area contributed by atoms with E-state index in [4.69, 9.17) is 4.74 Å². The molecule has 0 spiro atoms. The van der Waals surface area contributed by atoms with Crippen molar-refractivity contribution in [3.63, 3.8) is 0 Å². The summed E-state index contributed by atoms with van der Waals surface area (Å²) in [6.07, 6.45) is 8.56. The van der Waals surface area contributed by atoms with Gasteiger partial charge in [0.15, 0.2) is 0 Å². The number of piperidine rings is 1. The molecule has 0 amide bonds. The molecule has 1 saturated heterocycles. The summed E-state index contributed by atoms with van der Waals surface area (Å²) in [7, 11) is 0. The number of halogens is 1. The van der Waals surface area contributed by atoms with Gasteiger partial charge in [0.2, 0.25) is 0 Å². The lowest BCUT2D eigenvalue weighted by molar-refractivity contribution is 0.00254. The molecule has 1 aliphatic carbocycles. The number of likely N-dealkylation sites (tertiary alicyclic amines) is 1. The molecule has 0 radical (unpaired) electrons. The Hall–Kier alpha value is -1.11. The van der Waals surface area contributed by atoms with Gasteiger partial charge in [0.1, 0.15) is 0 Å². The first kappa shape index (κ1) is 20.2. The molecule has 2 heterocycles. The zero-order valence-electron chi connectivity index (χ0n) is 17.0. The molecular formula is C22H32BrN3O2. The molecule has 4 rings (SSSR count). The number of rotatable bonds is 5. The molecule has 1 aliphatic heterocycles. The maximum atomic E-state index is 12.6. The van der Waals surface area contributed by atoms with Crippen molar-refractivity contribution in [2.24, 2.45) is 0 Å². The van der Waals surface area contributed by atoms with E-state index in [1.54, 1.807) is 0 Å². The minimum Gasteiger partial charge on any atom is -0.378 e. The fourth-order valence-corrected chi connectivity index (χ4v) is 5.32. The van der Waals surface area contributed by atoms with Crippen molar-refractivity contribution in [2.45, 2.75) is 77.0 Å². The average Bonchev–Trinajstić information content (AvgIpc) is 3.02. The summed E-state index contributed by atoms with van der Waals surface area (Å²) in [6.45, 7) is 7.30. The second-order valence-corrected chi connectivity index (χ2v) is 9.34. The molecule has 2 fully saturated rings. The normalized spacial score (nSPS) is 24.8. The Labute approximate surface area is 175 Å². The van der Waals surface area contributed by atoms with Crippen molar-refractivity contribution >= 4 is 27.0 Å². The number of aromatic nitrogens is 2. The Morgan fingerprint density at radius 2 is 1.82 bits per heavy atom. The van der Waals surface area contributed by atoms with Crippen LogP contribution < -0.4 is 5.69 Å². The van der Waals surface area contributed by atoms with Gasteiger partial charge in [-0.3, -0.25) is 4.57 Å². The highest BCUT2D eigenvalue weighted by molar-refractivity contribution is 9.10. The number of aryl methyl sites for hydroxylation is 1. The van der Waals surface area contributed by atoms with Gasteiger partial charge in [-0.2, -0.15) is 0 Å². The third-order valence-corrected chi connectivity index (χ3v) is 7.43. The Morgan fingerprint density at radius 1 is 1.11 bits per heavy atom. The van der Waals surface area contributed by atoms with E-state index in [2.05, 4.69) is 51.8 Å². The predicted octanol–water partition coefficient (Wildman–Crippen LogP) is 4.78. The van der Waals surface area contributed by atoms with Gasteiger partial charge in [-0.15, -0.1) is 0 Å². The quantitative estimate of drug-likeness (QED) is 0.714. The number of hydrogen-bond donors (Lipinski definition) is 1. The second kappa shape index (κ2) is 8.72. The highest BCUT2D eigenvalue weighted by Gasteiger charge is 2.30. The standard InChI is InChI=1S/C22H32BrN3O2/c1-3-12-28-18-6-4-16(5-7-18)25-10-8-17(9-11-25)26-21-14-19(23)15(2)13-20(21)24-22(26)27/h13-14,16-18H,3-12H2,1-2H3,(H,24,27)/t16-,18-. The molecular weight excluding hydrogens is 418 g/mol. The lowest BCUT2D eigenvalue weighted by Crippen LogP contribution is -2.45. The van der Waals surface area contributed by atoms with Crippen molar-refractivity contribution in [1.29, 1.82) is 0 Å². The number of ether oxygens (including phenoxy) is 1. The van der Waals surface area contributed by atoms with Crippen LogP contribution in [0.5, 0.6) is 0 Å². The Balaban J connectivity index is 1.39. The van der Waals surface area contributed by atoms with Crippen LogP contribution >= 0.6 is 15.9 Å². The Kier molecular flexibility index (Phi) is 6.28. The van der Waals surface area contributed by atoms with E-state index in [-0.39, 0.29) is 11.7 Å². The van der Waals surface area contributed by atoms with E-state index in [1.165, 1.54) is 25.7 Å². The number of fused-ring (bicyclic) bond motifs is 1. The van der Waals surface area contributed by atoms with Crippen molar-refractivity contribution in [1.82, 2.24) is 14.5 Å². The lowest BCUT2D eigenvalue weighted by atomic mass is 9.90. The van der Waals surface area contributed by atoms with Crippen LogP contribution in [0.15, 0.2) is 21.4 Å². The molecule has 2 aromatic rings. The van der Waals surface area contributed by atoms with E-state index in [9.17, 15) is 4.79 Å². The first-order valence-corrected chi connectivity index (χ1v) is 11.6. The number of hydrogen-bond acceptors (Lipinski definition) is 3. The van der Waals surface area contributed by atoms with E-state index in [0.717, 1.165) is 60.0 Å². The van der Waals surface area contributed by atoms with Crippen LogP contribution in [0.4, 0.5) is 0 Å². The summed E-state index contributed by atoms with van der Waals surface area (Å²) in [6, 6.07) is 5.13. The van der Waals surface area contributed by atoms with Crippen molar-refractivity contribution in [3.8, 4) is 0 Å². The molecule has 0 bridgehead atoms. The van der Waals surface area contributed by atoms with Crippen molar-refractivity contribution in [3.05, 3.63) is 32.7 Å². The fourth-order valence-electron chi connectivity index (χ4n) is 4.99. The van der Waals surface area contributed by atoms with Crippen molar-refractivity contribution < 1.29 is 4.74 Å². The van der Waals surface area contributed by atoms with E-state index in [0.29, 0.717) is 12.1 Å². The minimum atomic E-state index is 0.0273. The lowest BCUT2D eigenvalue weighted by Gasteiger charge is -2.41. The van der Waals surface area contributed by atoms with Crippen LogP contribution in [0.1, 0.15) is 63.5 Å². The largest absolute Gasteiger partial charge is 0.378 e. The summed E-state index contributed by atoms with van der Waals surface area (Å²) in [5, 5.41) is 0. The molecule has 1 aromatic carbocycles. The smallest absolute Gasteiger partial charge is 0.326 e. The third kappa shape index (κ3) is 4.10. The summed E-state index contributed by atoms with van der Waals surface area (Å²) in [5.74, 6) is 0. The van der Waals surface area contributed by atoms with Crippen molar-refractivity contribution in [2.75, 3.05) is 19.7 Å². The molecule has 0 atom stereocenters. The van der Waals surface area contributed by atoms with Gasteiger partial charge in [-0.25, -0.2) is 4.79 Å². The molecule has 0 unspecified atom stereocenters. The number of benzene rings is 1. The first-order valence-electron chi connectivity index (χ1n) is 10.8. The summed E-state index contributed by atoms with van der Waals surface area (Å²) in [4.78, 5) is 18.3. The van der Waals surface area contributed by atoms with E-state index < -0.39 is 0 Å². The topological polar surface area (TPSA) is 50.3 Å². The zero-order chi connectivity index (χ0) is 19.7. The average molecular weight is 450 g/mol. The molecule has 28 heavy (non-hydrogen) atoms. The van der Waals surface area contributed by atoms with Crippen LogP contribution in [-0.2, 0) is 4.74 Å². The first-order chi connectivity index (χ1) is 13.6. The molecule has 2 aliphatic rings. The van der Waals surface area contributed by atoms with Gasteiger partial charge in [-0.05, 0) is 69.6 Å². The monoisotopic (exact) mass is 449 g/mol. The molecule has 1 N–H and O–H groups in total. The van der Waals surface area contributed by atoms with E-state index >= 15 is 0 Å². The van der Waals surface area contributed by atoms with Gasteiger partial charge in [0.25, 0.3) is 0 Å². The number of aromatic amines is 1. The van der Waals surface area contributed by atoms with Gasteiger partial charge in [0, 0.05) is 36.3 Å². The summed E-state index contributed by atoms with van der Waals surface area (Å²) >= 11 is 3.62. The zero-order valence-corrected chi connectivity index (χ0v) is 18.6. The van der Waals surface area contributed by atoms with E-state index in [1.807, 2.05) is 4.57 Å². The number of nitrogens with one attached hydrogen (secondary N) is 1. The van der Waals surface area contributed by atoms with Gasteiger partial charge in [0.05, 0.1) is 17.1 Å². The summed E-state index contributed by atoms with van der Waals surface area (Å²) in [5.41, 5.74) is 3.14. The highest BCUT2D eigenvalue weighted by atomic mass is 79.9. The maximum Gasteiger partial charge on any atom is 0.326 e. The molecule has 6 heteroatoms. The van der Waals surface area contributed by atoms with Crippen LogP contribution in [0.2, 0.25) is 0 Å². The third-order valence-electron chi connectivity index (χ3n) is 6.58. The molecule has 5 nitrogen and oxygen atoms in total.